The largest absolute Gasteiger partial charge is 0.314 e. The normalized spacial score (nSPS) is 12.4. The number of rotatable bonds is 6. The Balaban J connectivity index is 2.11. The van der Waals surface area contributed by atoms with E-state index in [1.165, 1.54) is 25.8 Å². The topological polar surface area (TPSA) is 12.0 Å². The molecule has 21 heavy (non-hydrogen) atoms. The maximum Gasteiger partial charge on any atom is 0.0148 e. The van der Waals surface area contributed by atoms with Crippen LogP contribution in [0, 0.1) is 17.4 Å². The van der Waals surface area contributed by atoms with Gasteiger partial charge in [0.2, 0.25) is 0 Å². The van der Waals surface area contributed by atoms with Crippen LogP contribution in [0.1, 0.15) is 29.2 Å². The van der Waals surface area contributed by atoms with Crippen molar-refractivity contribution in [3.8, 4) is 0 Å². The molecule has 0 fully saturated rings. The van der Waals surface area contributed by atoms with Gasteiger partial charge in [0.05, 0.1) is 0 Å². The highest BCUT2D eigenvalue weighted by atomic mass is 127. The molecule has 0 radical (unpaired) electrons. The second kappa shape index (κ2) is 7.95. The fourth-order valence-electron chi connectivity index (χ4n) is 2.70. The third-order valence-electron chi connectivity index (χ3n) is 3.86. The van der Waals surface area contributed by atoms with E-state index in [0.717, 1.165) is 19.4 Å². The highest BCUT2D eigenvalue weighted by molar-refractivity contribution is 14.1. The Morgan fingerprint density at radius 3 is 2.38 bits per heavy atom. The van der Waals surface area contributed by atoms with E-state index in [1.807, 2.05) is 0 Å². The van der Waals surface area contributed by atoms with Crippen molar-refractivity contribution < 1.29 is 0 Å². The molecular formula is C19H24IN. The molecule has 0 aliphatic heterocycles. The Labute approximate surface area is 142 Å². The molecule has 0 aliphatic carbocycles. The summed E-state index contributed by atoms with van der Waals surface area (Å²) >= 11 is 2.36. The molecule has 0 spiro atoms. The summed E-state index contributed by atoms with van der Waals surface area (Å²) in [6.07, 6.45) is 2.17. The summed E-state index contributed by atoms with van der Waals surface area (Å²) in [6.45, 7) is 7.58. The molecule has 2 heteroatoms. The fourth-order valence-corrected chi connectivity index (χ4v) is 3.06. The van der Waals surface area contributed by atoms with E-state index in [4.69, 9.17) is 0 Å². The maximum atomic E-state index is 3.64. The highest BCUT2D eigenvalue weighted by Gasteiger charge is 2.11. The minimum Gasteiger partial charge on any atom is -0.314 e. The van der Waals surface area contributed by atoms with Crippen molar-refractivity contribution in [2.24, 2.45) is 0 Å². The summed E-state index contributed by atoms with van der Waals surface area (Å²) in [5.74, 6) is 0. The number of likely N-dealkylation sites (N-methyl/N-ethyl adjacent to an activating group) is 1. The minimum absolute atomic E-state index is 0.496. The average Bonchev–Trinajstić information content (AvgIpc) is 2.45. The molecule has 1 N–H and O–H groups in total. The molecule has 0 bridgehead atoms. The summed E-state index contributed by atoms with van der Waals surface area (Å²) in [4.78, 5) is 0. The lowest BCUT2D eigenvalue weighted by Gasteiger charge is -2.20. The molecule has 0 aliphatic rings. The fraction of sp³-hybridized carbons (Fsp3) is 0.368. The van der Waals surface area contributed by atoms with Gasteiger partial charge in [-0.1, -0.05) is 42.8 Å². The van der Waals surface area contributed by atoms with Crippen LogP contribution in [0.2, 0.25) is 0 Å². The predicted molar refractivity (Wildman–Crippen MR) is 99.9 cm³/mol. The van der Waals surface area contributed by atoms with Crippen LogP contribution in [0.5, 0.6) is 0 Å². The Morgan fingerprint density at radius 1 is 1.00 bits per heavy atom. The average molecular weight is 393 g/mol. The molecule has 112 valence electrons. The van der Waals surface area contributed by atoms with Crippen LogP contribution in [0.25, 0.3) is 0 Å². The zero-order chi connectivity index (χ0) is 15.2. The second-order valence-electron chi connectivity index (χ2n) is 5.72. The molecule has 0 saturated carbocycles. The van der Waals surface area contributed by atoms with Crippen molar-refractivity contribution in [3.63, 3.8) is 0 Å². The van der Waals surface area contributed by atoms with Gasteiger partial charge in [-0.05, 0) is 84.6 Å². The van der Waals surface area contributed by atoms with Crippen LogP contribution < -0.4 is 5.32 Å². The minimum atomic E-state index is 0.496. The first-order valence-corrected chi connectivity index (χ1v) is 8.70. The lowest BCUT2D eigenvalue weighted by Crippen LogP contribution is -2.33. The van der Waals surface area contributed by atoms with Gasteiger partial charge in [0.1, 0.15) is 0 Å². The van der Waals surface area contributed by atoms with Gasteiger partial charge < -0.3 is 5.32 Å². The first-order valence-electron chi connectivity index (χ1n) is 7.62. The maximum absolute atomic E-state index is 3.64. The molecule has 0 saturated heterocycles. The summed E-state index contributed by atoms with van der Waals surface area (Å²) in [6, 6.07) is 16.1. The third-order valence-corrected chi connectivity index (χ3v) is 4.58. The molecule has 0 amide bonds. The van der Waals surface area contributed by atoms with Crippen LogP contribution in [0.3, 0.4) is 0 Å². The molecule has 1 atom stereocenters. The summed E-state index contributed by atoms with van der Waals surface area (Å²) < 4.78 is 1.30. The van der Waals surface area contributed by atoms with Gasteiger partial charge in [-0.2, -0.15) is 0 Å². The van der Waals surface area contributed by atoms with Gasteiger partial charge in [-0.3, -0.25) is 0 Å². The highest BCUT2D eigenvalue weighted by Crippen LogP contribution is 2.16. The van der Waals surface area contributed by atoms with Crippen LogP contribution in [0.4, 0.5) is 0 Å². The number of halogens is 1. The molecule has 2 rings (SSSR count). The summed E-state index contributed by atoms with van der Waals surface area (Å²) in [5.41, 5.74) is 5.62. The van der Waals surface area contributed by atoms with Crippen molar-refractivity contribution in [1.82, 2.24) is 5.32 Å². The lowest BCUT2D eigenvalue weighted by molar-refractivity contribution is 0.520. The van der Waals surface area contributed by atoms with E-state index in [9.17, 15) is 0 Å². The van der Waals surface area contributed by atoms with Crippen LogP contribution in [0.15, 0.2) is 42.5 Å². The van der Waals surface area contributed by atoms with E-state index in [2.05, 4.69) is 91.1 Å². The van der Waals surface area contributed by atoms with Crippen molar-refractivity contribution in [2.75, 3.05) is 6.54 Å². The second-order valence-corrected chi connectivity index (χ2v) is 6.96. The van der Waals surface area contributed by atoms with E-state index in [0.29, 0.717) is 6.04 Å². The molecule has 1 nitrogen and oxygen atoms in total. The van der Waals surface area contributed by atoms with Crippen molar-refractivity contribution in [2.45, 2.75) is 39.7 Å². The van der Waals surface area contributed by atoms with E-state index < -0.39 is 0 Å². The molecule has 1 unspecified atom stereocenters. The Bertz CT molecular complexity index is 575. The van der Waals surface area contributed by atoms with Gasteiger partial charge in [0.25, 0.3) is 0 Å². The Morgan fingerprint density at radius 2 is 1.71 bits per heavy atom. The van der Waals surface area contributed by atoms with E-state index in [1.54, 1.807) is 0 Å². The Hall–Kier alpha value is -0.870. The standard InChI is InChI=1S/C19H24IN/c1-4-21-19(12-16-7-9-18(20)10-8-16)13-17-11-14(2)5-6-15(17)3/h5-11,19,21H,4,12-13H2,1-3H3. The smallest absolute Gasteiger partial charge is 0.0148 e. The monoisotopic (exact) mass is 393 g/mol. The molecule has 2 aromatic rings. The van der Waals surface area contributed by atoms with E-state index in [-0.39, 0.29) is 0 Å². The van der Waals surface area contributed by atoms with E-state index >= 15 is 0 Å². The van der Waals surface area contributed by atoms with Crippen LogP contribution in [-0.2, 0) is 12.8 Å². The number of hydrogen-bond donors (Lipinski definition) is 1. The first kappa shape index (κ1) is 16.5. The van der Waals surface area contributed by atoms with Gasteiger partial charge >= 0.3 is 0 Å². The summed E-state index contributed by atoms with van der Waals surface area (Å²) in [7, 11) is 0. The van der Waals surface area contributed by atoms with Crippen LogP contribution >= 0.6 is 22.6 Å². The van der Waals surface area contributed by atoms with Crippen molar-refractivity contribution >= 4 is 22.6 Å². The molecule has 0 aromatic heterocycles. The summed E-state index contributed by atoms with van der Waals surface area (Å²) in [5, 5.41) is 3.64. The first-order chi connectivity index (χ1) is 10.1. The quantitative estimate of drug-likeness (QED) is 0.704. The van der Waals surface area contributed by atoms with Crippen molar-refractivity contribution in [3.05, 3.63) is 68.3 Å². The zero-order valence-corrected chi connectivity index (χ0v) is 15.3. The van der Waals surface area contributed by atoms with Crippen molar-refractivity contribution in [1.29, 1.82) is 0 Å². The van der Waals surface area contributed by atoms with Gasteiger partial charge in [-0.15, -0.1) is 0 Å². The predicted octanol–water partition coefficient (Wildman–Crippen LogP) is 4.67. The SMILES string of the molecule is CCNC(Cc1ccc(I)cc1)Cc1cc(C)ccc1C. The zero-order valence-electron chi connectivity index (χ0n) is 13.1. The number of nitrogens with one attached hydrogen (secondary N) is 1. The number of aryl methyl sites for hydroxylation is 2. The molecule has 2 aromatic carbocycles. The number of hydrogen-bond acceptors (Lipinski definition) is 1. The van der Waals surface area contributed by atoms with Gasteiger partial charge in [0.15, 0.2) is 0 Å². The number of benzene rings is 2. The van der Waals surface area contributed by atoms with Crippen LogP contribution in [-0.4, -0.2) is 12.6 Å². The van der Waals surface area contributed by atoms with Gasteiger partial charge in [0, 0.05) is 9.61 Å². The molecular weight excluding hydrogens is 369 g/mol. The lowest BCUT2D eigenvalue weighted by atomic mass is 9.95. The van der Waals surface area contributed by atoms with Gasteiger partial charge in [-0.25, -0.2) is 0 Å². The Kier molecular flexibility index (Phi) is 6.24. The third kappa shape index (κ3) is 5.11. The molecule has 0 heterocycles.